The van der Waals surface area contributed by atoms with Crippen LogP contribution in [-0.2, 0) is 9.84 Å². The fourth-order valence-corrected chi connectivity index (χ4v) is 5.02. The van der Waals surface area contributed by atoms with Crippen LogP contribution in [-0.4, -0.2) is 56.0 Å². The molecular weight excluding hydrogens is 316 g/mol. The monoisotopic (exact) mass is 334 g/mol. The number of hydrogen-bond acceptors (Lipinski definition) is 8. The Kier molecular flexibility index (Phi) is 4.29. The van der Waals surface area contributed by atoms with Crippen molar-refractivity contribution >= 4 is 37.6 Å². The zero-order valence-electron chi connectivity index (χ0n) is 11.7. The highest BCUT2D eigenvalue weighted by molar-refractivity contribution is 7.91. The Hall–Kier alpha value is -1.16. The molecule has 0 spiro atoms. The van der Waals surface area contributed by atoms with E-state index >= 15 is 0 Å². The summed E-state index contributed by atoms with van der Waals surface area (Å²) >= 11 is 0.997. The van der Waals surface area contributed by atoms with Gasteiger partial charge in [0, 0.05) is 25.8 Å². The molecule has 9 heteroatoms. The topological polar surface area (TPSA) is 121 Å². The van der Waals surface area contributed by atoms with Gasteiger partial charge in [-0.25, -0.2) is 8.42 Å². The molecule has 0 radical (unpaired) electrons. The summed E-state index contributed by atoms with van der Waals surface area (Å²) in [7, 11) is -3.63. The highest BCUT2D eigenvalue weighted by Crippen LogP contribution is 2.43. The molecule has 0 amide bonds. The average molecular weight is 334 g/mol. The molecule has 0 saturated carbocycles. The Morgan fingerprint density at radius 1 is 1.38 bits per heavy atom. The largest absolute Gasteiger partial charge is 0.396 e. The van der Waals surface area contributed by atoms with Crippen LogP contribution >= 0.6 is 11.3 Å². The van der Waals surface area contributed by atoms with Gasteiger partial charge in [0.25, 0.3) is 0 Å². The van der Waals surface area contributed by atoms with Gasteiger partial charge in [-0.1, -0.05) is 6.92 Å². The van der Waals surface area contributed by atoms with Crippen molar-refractivity contribution in [3.8, 4) is 0 Å². The molecule has 1 aliphatic heterocycles. The maximum absolute atomic E-state index is 12.0. The van der Waals surface area contributed by atoms with E-state index in [1.807, 2.05) is 0 Å². The minimum absolute atomic E-state index is 0.0415. The molecule has 0 aromatic carbocycles. The predicted octanol–water partition coefficient (Wildman–Crippen LogP) is -0.132. The van der Waals surface area contributed by atoms with Crippen LogP contribution in [0.1, 0.15) is 23.0 Å². The first kappa shape index (κ1) is 16.2. The van der Waals surface area contributed by atoms with Crippen LogP contribution in [0.5, 0.6) is 0 Å². The van der Waals surface area contributed by atoms with Gasteiger partial charge in [-0.05, 0) is 0 Å². The summed E-state index contributed by atoms with van der Waals surface area (Å²) in [5.41, 5.74) is 5.82. The standard InChI is InChI=1S/C12H18N2O5S2/c1-3-6(15)10-9(13)11(21(2,18)19)12(20-10)14-4-7(16)8(17)5-14/h7-8,16-17H,3-5,13H2,1-2H3. The number of carbonyl (C=O) groups is 1. The van der Waals surface area contributed by atoms with Crippen molar-refractivity contribution in [2.75, 3.05) is 30.0 Å². The zero-order chi connectivity index (χ0) is 15.9. The Morgan fingerprint density at radius 3 is 2.33 bits per heavy atom. The van der Waals surface area contributed by atoms with Crippen molar-refractivity contribution in [3.05, 3.63) is 4.88 Å². The van der Waals surface area contributed by atoms with Crippen molar-refractivity contribution in [3.63, 3.8) is 0 Å². The molecule has 2 heterocycles. The fourth-order valence-electron chi connectivity index (χ4n) is 2.29. The SMILES string of the molecule is CCC(=O)c1sc(N2CC(O)C(O)C2)c(S(C)(=O)=O)c1N. The van der Waals surface area contributed by atoms with Crippen molar-refractivity contribution in [2.45, 2.75) is 30.4 Å². The number of aliphatic hydroxyl groups excluding tert-OH is 2. The molecule has 4 N–H and O–H groups in total. The predicted molar refractivity (Wildman–Crippen MR) is 80.7 cm³/mol. The smallest absolute Gasteiger partial charge is 0.180 e. The van der Waals surface area contributed by atoms with E-state index in [4.69, 9.17) is 5.73 Å². The van der Waals surface area contributed by atoms with E-state index in [9.17, 15) is 23.4 Å². The lowest BCUT2D eigenvalue weighted by atomic mass is 10.2. The van der Waals surface area contributed by atoms with Crippen LogP contribution in [0.2, 0.25) is 0 Å². The lowest BCUT2D eigenvalue weighted by molar-refractivity contribution is 0.0572. The molecule has 118 valence electrons. The molecule has 2 unspecified atom stereocenters. The molecule has 21 heavy (non-hydrogen) atoms. The number of aliphatic hydroxyl groups is 2. The minimum atomic E-state index is -3.63. The lowest BCUT2D eigenvalue weighted by Gasteiger charge is -2.16. The maximum Gasteiger partial charge on any atom is 0.180 e. The van der Waals surface area contributed by atoms with Crippen LogP contribution in [0.4, 0.5) is 10.7 Å². The number of nitrogens with two attached hydrogens (primary N) is 1. The highest BCUT2D eigenvalue weighted by atomic mass is 32.2. The number of Topliss-reactive ketones (excluding diaryl/α,β-unsaturated/α-hetero) is 1. The summed E-state index contributed by atoms with van der Waals surface area (Å²) in [4.78, 5) is 13.6. The van der Waals surface area contributed by atoms with E-state index < -0.39 is 22.0 Å². The van der Waals surface area contributed by atoms with Gasteiger partial charge in [-0.15, -0.1) is 11.3 Å². The van der Waals surface area contributed by atoms with E-state index in [-0.39, 0.29) is 40.8 Å². The van der Waals surface area contributed by atoms with E-state index in [1.165, 1.54) is 0 Å². The molecule has 1 saturated heterocycles. The number of thiophene rings is 1. The van der Waals surface area contributed by atoms with Gasteiger partial charge in [0.1, 0.15) is 9.90 Å². The summed E-state index contributed by atoms with van der Waals surface area (Å²) in [5, 5.41) is 19.5. The summed E-state index contributed by atoms with van der Waals surface area (Å²) in [6.45, 7) is 1.87. The normalized spacial score (nSPS) is 22.8. The molecule has 0 aliphatic carbocycles. The molecule has 0 bridgehead atoms. The summed E-state index contributed by atoms with van der Waals surface area (Å²) in [6.07, 6.45) is -0.659. The quantitative estimate of drug-likeness (QED) is 0.656. The third-order valence-electron chi connectivity index (χ3n) is 3.37. The molecule has 1 aromatic rings. The zero-order valence-corrected chi connectivity index (χ0v) is 13.4. The molecule has 1 aromatic heterocycles. The number of nitrogen functional groups attached to an aromatic ring is 1. The van der Waals surface area contributed by atoms with Gasteiger partial charge in [-0.3, -0.25) is 4.79 Å². The summed E-state index contributed by atoms with van der Waals surface area (Å²) < 4.78 is 24.0. The van der Waals surface area contributed by atoms with Gasteiger partial charge in [0.2, 0.25) is 0 Å². The minimum Gasteiger partial charge on any atom is -0.396 e. The number of anilines is 2. The average Bonchev–Trinajstić information content (AvgIpc) is 2.89. The maximum atomic E-state index is 12.0. The van der Waals surface area contributed by atoms with Crippen LogP contribution in [0.3, 0.4) is 0 Å². The molecular formula is C12H18N2O5S2. The number of nitrogens with zero attached hydrogens (tertiary/aromatic N) is 1. The number of sulfone groups is 1. The van der Waals surface area contributed by atoms with Crippen molar-refractivity contribution in [1.82, 2.24) is 0 Å². The van der Waals surface area contributed by atoms with E-state index in [0.29, 0.717) is 5.00 Å². The third kappa shape index (κ3) is 2.91. The van der Waals surface area contributed by atoms with Crippen molar-refractivity contribution < 1.29 is 23.4 Å². The lowest BCUT2D eigenvalue weighted by Crippen LogP contribution is -2.22. The first-order chi connectivity index (χ1) is 9.66. The molecule has 2 atom stereocenters. The van der Waals surface area contributed by atoms with Crippen LogP contribution in [0.15, 0.2) is 4.90 Å². The van der Waals surface area contributed by atoms with Gasteiger partial charge >= 0.3 is 0 Å². The van der Waals surface area contributed by atoms with Gasteiger partial charge in [0.05, 0.1) is 22.8 Å². The van der Waals surface area contributed by atoms with E-state index in [2.05, 4.69) is 0 Å². The van der Waals surface area contributed by atoms with Crippen molar-refractivity contribution in [1.29, 1.82) is 0 Å². The molecule has 2 rings (SSSR count). The van der Waals surface area contributed by atoms with Crippen LogP contribution < -0.4 is 10.6 Å². The number of hydrogen-bond donors (Lipinski definition) is 3. The Morgan fingerprint density at radius 2 is 1.90 bits per heavy atom. The first-order valence-corrected chi connectivity index (χ1v) is 9.14. The van der Waals surface area contributed by atoms with E-state index in [0.717, 1.165) is 17.6 Å². The summed E-state index contributed by atoms with van der Waals surface area (Å²) in [5.74, 6) is -0.228. The van der Waals surface area contributed by atoms with Crippen LogP contribution in [0.25, 0.3) is 0 Å². The van der Waals surface area contributed by atoms with Crippen LogP contribution in [0, 0.1) is 0 Å². The molecule has 1 aliphatic rings. The second kappa shape index (κ2) is 5.56. The number of carbonyl (C=O) groups excluding carboxylic acids is 1. The summed E-state index contributed by atoms with van der Waals surface area (Å²) in [6, 6.07) is 0. The second-order valence-electron chi connectivity index (χ2n) is 5.07. The third-order valence-corrected chi connectivity index (χ3v) is 5.97. The van der Waals surface area contributed by atoms with E-state index in [1.54, 1.807) is 11.8 Å². The fraction of sp³-hybridized carbons (Fsp3) is 0.583. The number of ketones is 1. The van der Waals surface area contributed by atoms with Gasteiger partial charge < -0.3 is 20.8 Å². The molecule has 1 fully saturated rings. The Labute approximate surface area is 126 Å². The van der Waals surface area contributed by atoms with Gasteiger partial charge in [-0.2, -0.15) is 0 Å². The highest BCUT2D eigenvalue weighted by Gasteiger charge is 2.36. The Bertz CT molecular complexity index is 657. The van der Waals surface area contributed by atoms with Crippen molar-refractivity contribution in [2.24, 2.45) is 0 Å². The first-order valence-electron chi connectivity index (χ1n) is 6.43. The second-order valence-corrected chi connectivity index (χ2v) is 8.02. The number of β-amino-alcohol motifs (C(OH)–C–C–N with tert-alkyl or cyclic N) is 2. The Balaban J connectivity index is 2.57. The number of rotatable bonds is 4. The van der Waals surface area contributed by atoms with Gasteiger partial charge in [0.15, 0.2) is 15.6 Å². The molecule has 7 nitrogen and oxygen atoms in total.